The molecule has 106 valence electrons. The fourth-order valence-corrected chi connectivity index (χ4v) is 1.53. The van der Waals surface area contributed by atoms with E-state index in [0.717, 1.165) is 0 Å². The van der Waals surface area contributed by atoms with Crippen LogP contribution in [0.15, 0.2) is 18.2 Å². The zero-order valence-corrected chi connectivity index (χ0v) is 10.6. The molecule has 0 fully saturated rings. The summed E-state index contributed by atoms with van der Waals surface area (Å²) in [6.45, 7) is -0.238. The third-order valence-electron chi connectivity index (χ3n) is 2.59. The highest BCUT2D eigenvalue weighted by Gasteiger charge is 2.27. The molecule has 0 aromatic heterocycles. The van der Waals surface area contributed by atoms with Gasteiger partial charge in [0.15, 0.2) is 0 Å². The minimum absolute atomic E-state index is 0.238. The van der Waals surface area contributed by atoms with Crippen molar-refractivity contribution in [1.29, 1.82) is 0 Å². The molecule has 0 atom stereocenters. The maximum Gasteiger partial charge on any atom is 0.390 e. The minimum atomic E-state index is -4.23. The number of benzene rings is 1. The Morgan fingerprint density at radius 2 is 2.05 bits per heavy atom. The van der Waals surface area contributed by atoms with Crippen molar-refractivity contribution in [1.82, 2.24) is 0 Å². The number of halogens is 3. The molecule has 1 aromatic rings. The van der Waals surface area contributed by atoms with E-state index in [2.05, 4.69) is 4.74 Å². The van der Waals surface area contributed by atoms with Crippen molar-refractivity contribution < 1.29 is 22.7 Å². The maximum absolute atomic E-state index is 12.2. The van der Waals surface area contributed by atoms with Crippen LogP contribution in [0, 0.1) is 0 Å². The van der Waals surface area contributed by atoms with E-state index in [9.17, 15) is 18.0 Å². The zero-order valence-electron chi connectivity index (χ0n) is 10.6. The summed E-state index contributed by atoms with van der Waals surface area (Å²) in [6, 6.07) is 4.34. The van der Waals surface area contributed by atoms with Crippen molar-refractivity contribution in [3.05, 3.63) is 23.8 Å². The summed E-state index contributed by atoms with van der Waals surface area (Å²) < 4.78 is 41.0. The van der Waals surface area contributed by atoms with E-state index in [4.69, 9.17) is 5.73 Å². The number of carbonyl (C=O) groups is 1. The molecule has 7 heteroatoms. The Kier molecular flexibility index (Phi) is 4.63. The summed E-state index contributed by atoms with van der Waals surface area (Å²) in [5, 5.41) is 0. The number of nitrogens with two attached hydrogens (primary N) is 1. The van der Waals surface area contributed by atoms with Crippen LogP contribution in [-0.2, 0) is 4.74 Å². The fraction of sp³-hybridized carbons (Fsp3) is 0.417. The summed E-state index contributed by atoms with van der Waals surface area (Å²) in [6.07, 6.45) is -5.19. The van der Waals surface area contributed by atoms with E-state index in [1.165, 1.54) is 37.3 Å². The van der Waals surface area contributed by atoms with Crippen LogP contribution in [0.5, 0.6) is 0 Å². The van der Waals surface area contributed by atoms with E-state index in [0.29, 0.717) is 11.4 Å². The van der Waals surface area contributed by atoms with Crippen LogP contribution in [0.3, 0.4) is 0 Å². The summed E-state index contributed by atoms with van der Waals surface area (Å²) in [5.41, 5.74) is 6.61. The number of carbonyl (C=O) groups excluding carboxylic acids is 1. The largest absolute Gasteiger partial charge is 0.465 e. The minimum Gasteiger partial charge on any atom is -0.465 e. The van der Waals surface area contributed by atoms with Crippen molar-refractivity contribution in [2.75, 3.05) is 31.3 Å². The highest BCUT2D eigenvalue weighted by molar-refractivity contribution is 5.92. The van der Waals surface area contributed by atoms with Crippen molar-refractivity contribution in [3.63, 3.8) is 0 Å². The average Bonchev–Trinajstić information content (AvgIpc) is 2.34. The van der Waals surface area contributed by atoms with E-state index >= 15 is 0 Å². The molecule has 0 aliphatic rings. The molecule has 0 amide bonds. The fourth-order valence-electron chi connectivity index (χ4n) is 1.53. The molecule has 0 unspecified atom stereocenters. The highest BCUT2D eigenvalue weighted by Crippen LogP contribution is 2.26. The van der Waals surface area contributed by atoms with Crippen LogP contribution in [0.1, 0.15) is 16.8 Å². The van der Waals surface area contributed by atoms with Crippen LogP contribution < -0.4 is 10.6 Å². The summed E-state index contributed by atoms with van der Waals surface area (Å²) in [7, 11) is 2.71. The topological polar surface area (TPSA) is 55.6 Å². The standard InChI is InChI=1S/C12H15F3N2O2/c1-17(6-5-12(13,14)15)10-7-8(11(18)19-2)3-4-9(10)16/h3-4,7H,5-6,16H2,1-2H3. The van der Waals surface area contributed by atoms with E-state index in [1.807, 2.05) is 0 Å². The Balaban J connectivity index is 2.89. The molecule has 0 bridgehead atoms. The first kappa shape index (κ1) is 15.1. The normalized spacial score (nSPS) is 11.2. The average molecular weight is 276 g/mol. The van der Waals surface area contributed by atoms with Crippen molar-refractivity contribution in [2.24, 2.45) is 0 Å². The van der Waals surface area contributed by atoms with Gasteiger partial charge in [0.1, 0.15) is 0 Å². The van der Waals surface area contributed by atoms with Gasteiger partial charge in [-0.3, -0.25) is 0 Å². The first-order valence-electron chi connectivity index (χ1n) is 5.50. The number of hydrogen-bond donors (Lipinski definition) is 1. The lowest BCUT2D eigenvalue weighted by molar-refractivity contribution is -0.132. The second-order valence-electron chi connectivity index (χ2n) is 4.05. The number of hydrogen-bond acceptors (Lipinski definition) is 4. The predicted octanol–water partition coefficient (Wildman–Crippen LogP) is 2.44. The Morgan fingerprint density at radius 1 is 1.42 bits per heavy atom. The highest BCUT2D eigenvalue weighted by atomic mass is 19.4. The SMILES string of the molecule is COC(=O)c1ccc(N)c(N(C)CCC(F)(F)F)c1. The number of methoxy groups -OCH3 is 1. The van der Waals surface area contributed by atoms with Crippen LogP contribution >= 0.6 is 0 Å². The molecule has 0 aliphatic carbocycles. The number of nitrogen functional groups attached to an aromatic ring is 1. The monoisotopic (exact) mass is 276 g/mol. The second-order valence-corrected chi connectivity index (χ2v) is 4.05. The molecule has 0 radical (unpaired) electrons. The summed E-state index contributed by atoms with van der Waals surface area (Å²) in [4.78, 5) is 12.7. The van der Waals surface area contributed by atoms with Gasteiger partial charge in [-0.2, -0.15) is 13.2 Å². The molecule has 1 aromatic carbocycles. The van der Waals surface area contributed by atoms with Gasteiger partial charge in [0, 0.05) is 13.6 Å². The van der Waals surface area contributed by atoms with Gasteiger partial charge in [-0.1, -0.05) is 0 Å². The van der Waals surface area contributed by atoms with Gasteiger partial charge >= 0.3 is 12.1 Å². The van der Waals surface area contributed by atoms with E-state index < -0.39 is 18.6 Å². The van der Waals surface area contributed by atoms with Crippen molar-refractivity contribution in [3.8, 4) is 0 Å². The number of ether oxygens (including phenoxy) is 1. The molecule has 0 spiro atoms. The molecule has 0 saturated heterocycles. The third-order valence-corrected chi connectivity index (χ3v) is 2.59. The molecule has 4 nitrogen and oxygen atoms in total. The molecular formula is C12H15F3N2O2. The zero-order chi connectivity index (χ0) is 14.6. The second kappa shape index (κ2) is 5.81. The van der Waals surface area contributed by atoms with Gasteiger partial charge in [-0.05, 0) is 18.2 Å². The molecule has 0 heterocycles. The van der Waals surface area contributed by atoms with Gasteiger partial charge in [0.25, 0.3) is 0 Å². The molecule has 1 rings (SSSR count). The van der Waals surface area contributed by atoms with Gasteiger partial charge in [-0.25, -0.2) is 4.79 Å². The lowest BCUT2D eigenvalue weighted by atomic mass is 10.1. The molecule has 0 aliphatic heterocycles. The van der Waals surface area contributed by atoms with Crippen molar-refractivity contribution in [2.45, 2.75) is 12.6 Å². The molecule has 0 saturated carbocycles. The van der Waals surface area contributed by atoms with Crippen LogP contribution in [-0.4, -0.2) is 32.8 Å². The Labute approximate surface area is 108 Å². The van der Waals surface area contributed by atoms with Crippen LogP contribution in [0.25, 0.3) is 0 Å². The van der Waals surface area contributed by atoms with Gasteiger partial charge in [0.2, 0.25) is 0 Å². The summed E-state index contributed by atoms with van der Waals surface area (Å²) >= 11 is 0. The van der Waals surface area contributed by atoms with E-state index in [1.54, 1.807) is 0 Å². The lowest BCUT2D eigenvalue weighted by Gasteiger charge is -2.22. The predicted molar refractivity (Wildman–Crippen MR) is 66.1 cm³/mol. The third kappa shape index (κ3) is 4.35. The number of esters is 1. The first-order chi connectivity index (χ1) is 8.74. The van der Waals surface area contributed by atoms with Gasteiger partial charge in [0.05, 0.1) is 30.5 Å². The molecule has 2 N–H and O–H groups in total. The smallest absolute Gasteiger partial charge is 0.390 e. The maximum atomic E-state index is 12.2. The molecular weight excluding hydrogens is 261 g/mol. The Hall–Kier alpha value is -1.92. The van der Waals surface area contributed by atoms with Crippen LogP contribution in [0.2, 0.25) is 0 Å². The van der Waals surface area contributed by atoms with Crippen molar-refractivity contribution >= 4 is 17.3 Å². The van der Waals surface area contributed by atoms with Gasteiger partial charge < -0.3 is 15.4 Å². The first-order valence-corrected chi connectivity index (χ1v) is 5.50. The quantitative estimate of drug-likeness (QED) is 0.678. The number of nitrogens with zero attached hydrogens (tertiary/aromatic N) is 1. The number of anilines is 2. The van der Waals surface area contributed by atoms with Crippen LogP contribution in [0.4, 0.5) is 24.5 Å². The number of rotatable bonds is 4. The Bertz CT molecular complexity index is 461. The summed E-state index contributed by atoms with van der Waals surface area (Å²) in [5.74, 6) is -0.564. The number of alkyl halides is 3. The lowest BCUT2D eigenvalue weighted by Crippen LogP contribution is -2.25. The van der Waals surface area contributed by atoms with Gasteiger partial charge in [-0.15, -0.1) is 0 Å². The Morgan fingerprint density at radius 3 is 2.58 bits per heavy atom. The molecule has 19 heavy (non-hydrogen) atoms. The van der Waals surface area contributed by atoms with E-state index in [-0.39, 0.29) is 12.1 Å².